The minimum absolute atomic E-state index is 0.501. The molecule has 102 valence electrons. The molecular weight excluding hydrogens is 240 g/mol. The first-order chi connectivity index (χ1) is 9.13. The van der Waals surface area contributed by atoms with Crippen molar-refractivity contribution >= 4 is 22.8 Å². The second kappa shape index (κ2) is 4.74. The smallest absolute Gasteiger partial charge is 0.298 e. The van der Waals surface area contributed by atoms with Crippen LogP contribution in [-0.4, -0.2) is 43.1 Å². The molecule has 3 rings (SSSR count). The number of benzene rings is 1. The number of nitrogen functional groups attached to an aromatic ring is 1. The summed E-state index contributed by atoms with van der Waals surface area (Å²) in [6, 6.07) is 6.77. The van der Waals surface area contributed by atoms with Gasteiger partial charge in [0.1, 0.15) is 5.52 Å². The molecule has 0 spiro atoms. The number of rotatable bonds is 2. The van der Waals surface area contributed by atoms with E-state index in [1.807, 2.05) is 18.2 Å². The van der Waals surface area contributed by atoms with Gasteiger partial charge in [0.25, 0.3) is 6.01 Å². The highest BCUT2D eigenvalue weighted by atomic mass is 16.4. The third-order valence-electron chi connectivity index (χ3n) is 3.94. The zero-order valence-electron chi connectivity index (χ0n) is 11.5. The van der Waals surface area contributed by atoms with E-state index in [2.05, 4.69) is 28.9 Å². The summed E-state index contributed by atoms with van der Waals surface area (Å²) in [5, 5.41) is 0. The van der Waals surface area contributed by atoms with Crippen LogP contribution in [0.1, 0.15) is 12.8 Å². The summed E-state index contributed by atoms with van der Waals surface area (Å²) in [5.74, 6) is 0. The number of fused-ring (bicyclic) bond motifs is 1. The van der Waals surface area contributed by atoms with E-state index < -0.39 is 0 Å². The molecule has 0 atom stereocenters. The Bertz CT molecular complexity index is 572. The Balaban J connectivity index is 1.83. The zero-order valence-corrected chi connectivity index (χ0v) is 11.5. The molecule has 2 heterocycles. The molecule has 1 saturated heterocycles. The van der Waals surface area contributed by atoms with Crippen molar-refractivity contribution in [2.45, 2.75) is 18.9 Å². The lowest BCUT2D eigenvalue weighted by Crippen LogP contribution is -2.42. The van der Waals surface area contributed by atoms with Gasteiger partial charge in [-0.3, -0.25) is 0 Å². The van der Waals surface area contributed by atoms with Gasteiger partial charge in [-0.2, -0.15) is 4.98 Å². The average Bonchev–Trinajstić information content (AvgIpc) is 2.81. The van der Waals surface area contributed by atoms with Crippen molar-refractivity contribution in [3.63, 3.8) is 0 Å². The number of likely N-dealkylation sites (tertiary alicyclic amines) is 1. The van der Waals surface area contributed by atoms with Crippen LogP contribution in [-0.2, 0) is 0 Å². The largest absolute Gasteiger partial charge is 0.423 e. The van der Waals surface area contributed by atoms with Crippen LogP contribution in [0.3, 0.4) is 0 Å². The highest BCUT2D eigenvalue weighted by Gasteiger charge is 2.23. The van der Waals surface area contributed by atoms with Crippen molar-refractivity contribution in [3.8, 4) is 0 Å². The molecular formula is C14H20N4O. The van der Waals surface area contributed by atoms with Gasteiger partial charge in [-0.1, -0.05) is 0 Å². The van der Waals surface area contributed by atoms with E-state index in [9.17, 15) is 0 Å². The lowest BCUT2D eigenvalue weighted by atomic mass is 10.0. The highest BCUT2D eigenvalue weighted by Crippen LogP contribution is 2.26. The Labute approximate surface area is 113 Å². The van der Waals surface area contributed by atoms with E-state index in [1.54, 1.807) is 0 Å². The number of oxazole rings is 1. The van der Waals surface area contributed by atoms with Gasteiger partial charge in [-0.05, 0) is 45.1 Å². The summed E-state index contributed by atoms with van der Waals surface area (Å²) in [4.78, 5) is 9.05. The first-order valence-corrected chi connectivity index (χ1v) is 6.71. The van der Waals surface area contributed by atoms with E-state index in [-0.39, 0.29) is 0 Å². The quantitative estimate of drug-likeness (QED) is 0.836. The third kappa shape index (κ3) is 2.38. The number of hydrogen-bond donors (Lipinski definition) is 1. The Morgan fingerprint density at radius 3 is 2.84 bits per heavy atom. The molecule has 1 aliphatic heterocycles. The number of hydrogen-bond acceptors (Lipinski definition) is 5. The van der Waals surface area contributed by atoms with Crippen molar-refractivity contribution < 1.29 is 4.42 Å². The monoisotopic (exact) mass is 260 g/mol. The second-order valence-corrected chi connectivity index (χ2v) is 5.37. The number of aromatic nitrogens is 1. The standard InChI is InChI=1S/C14H20N4O/c1-17-7-5-11(6-8-17)18(2)14-16-12-4-3-10(15)9-13(12)19-14/h3-4,9,11H,5-8,15H2,1-2H3. The van der Waals surface area contributed by atoms with Crippen LogP contribution in [0.5, 0.6) is 0 Å². The molecule has 0 bridgehead atoms. The molecule has 2 N–H and O–H groups in total. The molecule has 1 aromatic heterocycles. The topological polar surface area (TPSA) is 58.5 Å². The number of nitrogens with two attached hydrogens (primary N) is 1. The average molecular weight is 260 g/mol. The van der Waals surface area contributed by atoms with E-state index >= 15 is 0 Å². The summed E-state index contributed by atoms with van der Waals surface area (Å²) in [6.45, 7) is 2.25. The van der Waals surface area contributed by atoms with Crippen molar-refractivity contribution in [3.05, 3.63) is 18.2 Å². The van der Waals surface area contributed by atoms with Gasteiger partial charge in [0.15, 0.2) is 5.58 Å². The van der Waals surface area contributed by atoms with Crippen LogP contribution in [0.2, 0.25) is 0 Å². The normalized spacial score (nSPS) is 18.0. The first kappa shape index (κ1) is 12.3. The van der Waals surface area contributed by atoms with Gasteiger partial charge in [0.2, 0.25) is 0 Å². The Morgan fingerprint density at radius 1 is 1.37 bits per heavy atom. The number of nitrogens with zero attached hydrogens (tertiary/aromatic N) is 3. The molecule has 1 aliphatic rings. The van der Waals surface area contributed by atoms with Crippen molar-refractivity contribution in [1.29, 1.82) is 0 Å². The van der Waals surface area contributed by atoms with Gasteiger partial charge in [0, 0.05) is 24.8 Å². The van der Waals surface area contributed by atoms with Crippen LogP contribution in [0.4, 0.5) is 11.7 Å². The van der Waals surface area contributed by atoms with Crippen LogP contribution in [0.15, 0.2) is 22.6 Å². The molecule has 0 radical (unpaired) electrons. The van der Waals surface area contributed by atoms with Crippen LogP contribution >= 0.6 is 0 Å². The molecule has 1 aromatic carbocycles. The molecule has 0 unspecified atom stereocenters. The molecule has 19 heavy (non-hydrogen) atoms. The highest BCUT2D eigenvalue weighted by molar-refractivity contribution is 5.78. The zero-order chi connectivity index (χ0) is 13.4. The predicted octanol–water partition coefficient (Wildman–Crippen LogP) is 1.94. The molecule has 5 heteroatoms. The summed E-state index contributed by atoms with van der Waals surface area (Å²) in [7, 11) is 4.22. The van der Waals surface area contributed by atoms with Gasteiger partial charge in [0.05, 0.1) is 0 Å². The van der Waals surface area contributed by atoms with Crippen molar-refractivity contribution in [2.24, 2.45) is 0 Å². The first-order valence-electron chi connectivity index (χ1n) is 6.71. The molecule has 1 fully saturated rings. The van der Waals surface area contributed by atoms with E-state index in [4.69, 9.17) is 10.2 Å². The lowest BCUT2D eigenvalue weighted by molar-refractivity contribution is 0.250. The lowest BCUT2D eigenvalue weighted by Gasteiger charge is -2.34. The number of piperidine rings is 1. The van der Waals surface area contributed by atoms with Crippen LogP contribution < -0.4 is 10.6 Å². The fraction of sp³-hybridized carbons (Fsp3) is 0.500. The SMILES string of the molecule is CN1CCC(N(C)c2nc3ccc(N)cc3o2)CC1. The van der Waals surface area contributed by atoms with Gasteiger partial charge < -0.3 is 20.0 Å². The Hall–Kier alpha value is -1.75. The summed E-state index contributed by atoms with van der Waals surface area (Å²) in [5.41, 5.74) is 8.09. The number of anilines is 2. The minimum Gasteiger partial charge on any atom is -0.423 e. The van der Waals surface area contributed by atoms with E-state index in [0.29, 0.717) is 17.7 Å². The summed E-state index contributed by atoms with van der Waals surface area (Å²) < 4.78 is 5.81. The van der Waals surface area contributed by atoms with E-state index in [0.717, 1.165) is 37.0 Å². The maximum atomic E-state index is 5.81. The summed E-state index contributed by atoms with van der Waals surface area (Å²) in [6.07, 6.45) is 2.29. The Morgan fingerprint density at radius 2 is 2.11 bits per heavy atom. The Kier molecular flexibility index (Phi) is 3.06. The third-order valence-corrected chi connectivity index (χ3v) is 3.94. The molecule has 5 nitrogen and oxygen atoms in total. The van der Waals surface area contributed by atoms with E-state index in [1.165, 1.54) is 0 Å². The molecule has 2 aromatic rings. The van der Waals surface area contributed by atoms with Gasteiger partial charge >= 0.3 is 0 Å². The van der Waals surface area contributed by atoms with Crippen molar-refractivity contribution in [2.75, 3.05) is 37.8 Å². The minimum atomic E-state index is 0.501. The molecule has 0 amide bonds. The van der Waals surface area contributed by atoms with Gasteiger partial charge in [-0.15, -0.1) is 0 Å². The molecule has 0 aliphatic carbocycles. The fourth-order valence-electron chi connectivity index (χ4n) is 2.62. The maximum Gasteiger partial charge on any atom is 0.298 e. The van der Waals surface area contributed by atoms with Gasteiger partial charge in [-0.25, -0.2) is 0 Å². The maximum absolute atomic E-state index is 5.81. The van der Waals surface area contributed by atoms with Crippen LogP contribution in [0.25, 0.3) is 11.1 Å². The predicted molar refractivity (Wildman–Crippen MR) is 77.3 cm³/mol. The second-order valence-electron chi connectivity index (χ2n) is 5.37. The molecule has 0 saturated carbocycles. The van der Waals surface area contributed by atoms with Crippen molar-refractivity contribution in [1.82, 2.24) is 9.88 Å². The summed E-state index contributed by atoms with van der Waals surface area (Å²) >= 11 is 0. The fourth-order valence-corrected chi connectivity index (χ4v) is 2.62. The van der Waals surface area contributed by atoms with Crippen LogP contribution in [0, 0.1) is 0 Å².